The van der Waals surface area contributed by atoms with Crippen LogP contribution in [0.4, 0.5) is 0 Å². The first-order chi connectivity index (χ1) is 7.15. The molecule has 0 spiro atoms. The van der Waals surface area contributed by atoms with Gasteiger partial charge in [-0.2, -0.15) is 0 Å². The van der Waals surface area contributed by atoms with E-state index in [2.05, 4.69) is 4.98 Å². The number of thioether (sulfide) groups is 1. The van der Waals surface area contributed by atoms with E-state index in [0.29, 0.717) is 10.8 Å². The molecular weight excluding hydrogens is 230 g/mol. The molecule has 0 aliphatic carbocycles. The molecule has 1 rings (SSSR count). The van der Waals surface area contributed by atoms with Crippen molar-refractivity contribution >= 4 is 29.1 Å². The predicted octanol–water partition coefficient (Wildman–Crippen LogP) is 3.44. The molecule has 4 heteroatoms. The van der Waals surface area contributed by atoms with Gasteiger partial charge >= 0.3 is 0 Å². The summed E-state index contributed by atoms with van der Waals surface area (Å²) in [6, 6.07) is 3.56. The van der Waals surface area contributed by atoms with Gasteiger partial charge in [-0.1, -0.05) is 37.2 Å². The number of hydrogen-bond acceptors (Lipinski definition) is 3. The highest BCUT2D eigenvalue weighted by molar-refractivity contribution is 8.00. The Morgan fingerprint density at radius 3 is 3.00 bits per heavy atom. The molecule has 0 radical (unpaired) electrons. The van der Waals surface area contributed by atoms with Crippen molar-refractivity contribution in [3.8, 4) is 0 Å². The highest BCUT2D eigenvalue weighted by Gasteiger charge is 2.12. The first kappa shape index (κ1) is 12.5. The number of carbonyl (C=O) groups is 1. The average molecular weight is 244 g/mol. The van der Waals surface area contributed by atoms with Crippen LogP contribution in [0, 0.1) is 5.92 Å². The Morgan fingerprint density at radius 2 is 2.40 bits per heavy atom. The van der Waals surface area contributed by atoms with Gasteiger partial charge in [0, 0.05) is 12.1 Å². The maximum absolute atomic E-state index is 11.6. The van der Waals surface area contributed by atoms with Crippen LogP contribution in [0.3, 0.4) is 0 Å². The maximum atomic E-state index is 11.6. The number of rotatable bonds is 5. The van der Waals surface area contributed by atoms with Crippen molar-refractivity contribution in [2.24, 2.45) is 5.92 Å². The number of nitrogens with zero attached hydrogens (tertiary/aromatic N) is 1. The lowest BCUT2D eigenvalue weighted by atomic mass is 10.1. The van der Waals surface area contributed by atoms with E-state index in [1.54, 1.807) is 18.3 Å². The summed E-state index contributed by atoms with van der Waals surface area (Å²) in [6.07, 6.45) is 2.57. The van der Waals surface area contributed by atoms with Gasteiger partial charge in [0.05, 0.1) is 10.8 Å². The largest absolute Gasteiger partial charge is 0.298 e. The molecule has 1 aromatic heterocycles. The van der Waals surface area contributed by atoms with E-state index in [1.807, 2.05) is 13.8 Å². The molecule has 2 nitrogen and oxygen atoms in total. The monoisotopic (exact) mass is 243 g/mol. The van der Waals surface area contributed by atoms with Crippen molar-refractivity contribution in [1.29, 1.82) is 0 Å². The second kappa shape index (κ2) is 6.13. The molecule has 15 heavy (non-hydrogen) atoms. The molecule has 0 saturated heterocycles. The topological polar surface area (TPSA) is 30.0 Å². The van der Waals surface area contributed by atoms with Crippen LogP contribution in [0.1, 0.15) is 20.3 Å². The number of pyridine rings is 1. The van der Waals surface area contributed by atoms with E-state index in [1.165, 1.54) is 11.8 Å². The molecule has 0 aromatic carbocycles. The fraction of sp³-hybridized carbons (Fsp3) is 0.455. The van der Waals surface area contributed by atoms with Crippen LogP contribution in [0.15, 0.2) is 23.4 Å². The van der Waals surface area contributed by atoms with Gasteiger partial charge in [0.15, 0.2) is 0 Å². The van der Waals surface area contributed by atoms with Crippen LogP contribution >= 0.6 is 23.4 Å². The van der Waals surface area contributed by atoms with Crippen molar-refractivity contribution in [2.75, 3.05) is 5.75 Å². The van der Waals surface area contributed by atoms with Crippen molar-refractivity contribution < 1.29 is 4.79 Å². The molecule has 1 heterocycles. The molecule has 1 aromatic rings. The molecule has 1 unspecified atom stereocenters. The van der Waals surface area contributed by atoms with E-state index >= 15 is 0 Å². The zero-order valence-corrected chi connectivity index (χ0v) is 10.4. The second-order valence-electron chi connectivity index (χ2n) is 3.35. The molecule has 0 aliphatic heterocycles. The molecule has 0 bridgehead atoms. The summed E-state index contributed by atoms with van der Waals surface area (Å²) in [5.74, 6) is 0.829. The Morgan fingerprint density at radius 1 is 1.67 bits per heavy atom. The van der Waals surface area contributed by atoms with Gasteiger partial charge in [-0.05, 0) is 18.6 Å². The Balaban J connectivity index is 2.51. The number of hydrogen-bond donors (Lipinski definition) is 0. The maximum Gasteiger partial charge on any atom is 0.145 e. The number of ketones is 1. The highest BCUT2D eigenvalue weighted by Crippen LogP contribution is 2.24. The molecule has 1 atom stereocenters. The summed E-state index contributed by atoms with van der Waals surface area (Å²) in [6.45, 7) is 3.96. The van der Waals surface area contributed by atoms with E-state index in [0.717, 1.165) is 11.4 Å². The summed E-state index contributed by atoms with van der Waals surface area (Å²) < 4.78 is 0. The van der Waals surface area contributed by atoms with Crippen LogP contribution in [-0.2, 0) is 4.79 Å². The third-order valence-corrected chi connectivity index (χ3v) is 3.68. The smallest absolute Gasteiger partial charge is 0.145 e. The van der Waals surface area contributed by atoms with Gasteiger partial charge in [0.1, 0.15) is 10.8 Å². The quantitative estimate of drug-likeness (QED) is 0.742. The van der Waals surface area contributed by atoms with Gasteiger partial charge < -0.3 is 0 Å². The summed E-state index contributed by atoms with van der Waals surface area (Å²) in [4.78, 5) is 15.7. The normalized spacial score (nSPS) is 12.5. The van der Waals surface area contributed by atoms with Gasteiger partial charge in [0.2, 0.25) is 0 Å². The first-order valence-electron chi connectivity index (χ1n) is 4.91. The molecule has 0 fully saturated rings. The standard InChI is InChI=1S/C11H14ClNOS/c1-3-8(2)10(14)7-15-11-9(12)5-4-6-13-11/h4-6,8H,3,7H2,1-2H3. The van der Waals surface area contributed by atoms with E-state index in [-0.39, 0.29) is 11.7 Å². The number of halogens is 1. The van der Waals surface area contributed by atoms with Crippen molar-refractivity contribution in [3.63, 3.8) is 0 Å². The molecule has 82 valence electrons. The summed E-state index contributed by atoms with van der Waals surface area (Å²) in [5.41, 5.74) is 0. The lowest BCUT2D eigenvalue weighted by Crippen LogP contribution is -2.12. The van der Waals surface area contributed by atoms with E-state index in [4.69, 9.17) is 11.6 Å². The number of carbonyl (C=O) groups excluding carboxylic acids is 1. The van der Waals surface area contributed by atoms with E-state index < -0.39 is 0 Å². The minimum Gasteiger partial charge on any atom is -0.298 e. The minimum absolute atomic E-state index is 0.125. The Kier molecular flexibility index (Phi) is 5.12. The summed E-state index contributed by atoms with van der Waals surface area (Å²) in [7, 11) is 0. The van der Waals surface area contributed by atoms with Crippen molar-refractivity contribution in [3.05, 3.63) is 23.4 Å². The fourth-order valence-electron chi connectivity index (χ4n) is 0.987. The third kappa shape index (κ3) is 3.84. The van der Waals surface area contributed by atoms with Gasteiger partial charge in [-0.3, -0.25) is 4.79 Å². The molecular formula is C11H14ClNOS. The van der Waals surface area contributed by atoms with Crippen LogP contribution in [0.5, 0.6) is 0 Å². The first-order valence-corrected chi connectivity index (χ1v) is 6.27. The van der Waals surface area contributed by atoms with Crippen LogP contribution < -0.4 is 0 Å². The molecule has 0 amide bonds. The summed E-state index contributed by atoms with van der Waals surface area (Å²) >= 11 is 7.33. The van der Waals surface area contributed by atoms with Crippen molar-refractivity contribution in [2.45, 2.75) is 25.3 Å². The predicted molar refractivity (Wildman–Crippen MR) is 64.4 cm³/mol. The molecule has 0 N–H and O–H groups in total. The zero-order valence-electron chi connectivity index (χ0n) is 8.87. The average Bonchev–Trinajstić information content (AvgIpc) is 2.26. The fourth-order valence-corrected chi connectivity index (χ4v) is 2.18. The second-order valence-corrected chi connectivity index (χ2v) is 4.73. The molecule has 0 aliphatic rings. The lowest BCUT2D eigenvalue weighted by molar-refractivity contribution is -0.119. The van der Waals surface area contributed by atoms with Crippen LogP contribution in [0.2, 0.25) is 5.02 Å². The zero-order chi connectivity index (χ0) is 11.3. The van der Waals surface area contributed by atoms with Gasteiger partial charge in [0.25, 0.3) is 0 Å². The Labute approximate surface area is 99.4 Å². The number of aromatic nitrogens is 1. The van der Waals surface area contributed by atoms with Gasteiger partial charge in [-0.15, -0.1) is 0 Å². The number of Topliss-reactive ketones (excluding diaryl/α,β-unsaturated/α-hetero) is 1. The molecule has 0 saturated carbocycles. The van der Waals surface area contributed by atoms with Gasteiger partial charge in [-0.25, -0.2) is 4.98 Å². The third-order valence-electron chi connectivity index (χ3n) is 2.24. The van der Waals surface area contributed by atoms with Crippen LogP contribution in [-0.4, -0.2) is 16.5 Å². The minimum atomic E-state index is 0.125. The van der Waals surface area contributed by atoms with Crippen molar-refractivity contribution in [1.82, 2.24) is 4.98 Å². The Hall–Kier alpha value is -0.540. The summed E-state index contributed by atoms with van der Waals surface area (Å²) in [5, 5.41) is 1.34. The lowest BCUT2D eigenvalue weighted by Gasteiger charge is -2.06. The van der Waals surface area contributed by atoms with E-state index in [9.17, 15) is 4.79 Å². The van der Waals surface area contributed by atoms with Crippen LogP contribution in [0.25, 0.3) is 0 Å². The Bertz CT molecular complexity index is 343. The highest BCUT2D eigenvalue weighted by atomic mass is 35.5. The SMILES string of the molecule is CCC(C)C(=O)CSc1ncccc1Cl.